The van der Waals surface area contributed by atoms with Crippen LogP contribution in [0.2, 0.25) is 5.02 Å². The number of ether oxygens (including phenoxy) is 1. The molecule has 1 N–H and O–H groups in total. The molecule has 0 aliphatic heterocycles. The standard InChI is InChI=1S/C18H21ClN2O4S/c1-13(2)25-15-8-6-7-14(11-15)20-18(22)12-21(26(3,23)24)17-10-5-4-9-16(17)19/h4-11,13H,12H2,1-3H3,(H,20,22). The van der Waals surface area contributed by atoms with Crippen molar-refractivity contribution in [1.29, 1.82) is 0 Å². The first-order chi connectivity index (χ1) is 12.2. The molecule has 0 saturated heterocycles. The van der Waals surface area contributed by atoms with Gasteiger partial charge in [-0.1, -0.05) is 29.8 Å². The highest BCUT2D eigenvalue weighted by Gasteiger charge is 2.22. The van der Waals surface area contributed by atoms with Gasteiger partial charge in [0.05, 0.1) is 23.1 Å². The number of nitrogens with zero attached hydrogens (tertiary/aromatic N) is 1. The second-order valence-corrected chi connectivity index (χ2v) is 8.28. The van der Waals surface area contributed by atoms with E-state index in [4.69, 9.17) is 16.3 Å². The molecule has 0 atom stereocenters. The van der Waals surface area contributed by atoms with E-state index in [1.54, 1.807) is 48.5 Å². The number of halogens is 1. The van der Waals surface area contributed by atoms with E-state index in [-0.39, 0.29) is 16.8 Å². The summed E-state index contributed by atoms with van der Waals surface area (Å²) in [4.78, 5) is 12.4. The zero-order chi connectivity index (χ0) is 19.3. The first-order valence-corrected chi connectivity index (χ1v) is 10.2. The van der Waals surface area contributed by atoms with Crippen LogP contribution in [0.15, 0.2) is 48.5 Å². The Balaban J connectivity index is 2.17. The maximum absolute atomic E-state index is 12.4. The second-order valence-electron chi connectivity index (χ2n) is 5.96. The van der Waals surface area contributed by atoms with Crippen molar-refractivity contribution in [2.24, 2.45) is 0 Å². The third kappa shape index (κ3) is 5.64. The Labute approximate surface area is 158 Å². The van der Waals surface area contributed by atoms with Crippen LogP contribution in [0, 0.1) is 0 Å². The molecule has 140 valence electrons. The highest BCUT2D eigenvalue weighted by molar-refractivity contribution is 7.92. The maximum atomic E-state index is 12.4. The smallest absolute Gasteiger partial charge is 0.245 e. The van der Waals surface area contributed by atoms with Crippen LogP contribution in [0.3, 0.4) is 0 Å². The van der Waals surface area contributed by atoms with E-state index in [0.29, 0.717) is 11.4 Å². The summed E-state index contributed by atoms with van der Waals surface area (Å²) in [7, 11) is -3.69. The number of benzene rings is 2. The van der Waals surface area contributed by atoms with E-state index in [9.17, 15) is 13.2 Å². The number of para-hydroxylation sites is 1. The first-order valence-electron chi connectivity index (χ1n) is 7.95. The summed E-state index contributed by atoms with van der Waals surface area (Å²) in [6, 6.07) is 13.4. The number of carbonyl (C=O) groups excluding carboxylic acids is 1. The van der Waals surface area contributed by atoms with Gasteiger partial charge in [0.25, 0.3) is 0 Å². The molecule has 1 amide bonds. The lowest BCUT2D eigenvalue weighted by Gasteiger charge is -2.23. The number of carbonyl (C=O) groups is 1. The van der Waals surface area contributed by atoms with Gasteiger partial charge in [0.15, 0.2) is 0 Å². The zero-order valence-corrected chi connectivity index (χ0v) is 16.3. The second kappa shape index (κ2) is 8.42. The fraction of sp³-hybridized carbons (Fsp3) is 0.278. The average molecular weight is 397 g/mol. The Bertz CT molecular complexity index is 884. The van der Waals surface area contributed by atoms with Crippen LogP contribution in [0.1, 0.15) is 13.8 Å². The number of hydrogen-bond acceptors (Lipinski definition) is 4. The van der Waals surface area contributed by atoms with Gasteiger partial charge in [0.1, 0.15) is 12.3 Å². The van der Waals surface area contributed by atoms with Gasteiger partial charge < -0.3 is 10.1 Å². The summed E-state index contributed by atoms with van der Waals surface area (Å²) >= 11 is 6.08. The largest absolute Gasteiger partial charge is 0.491 e. The Morgan fingerprint density at radius 3 is 2.50 bits per heavy atom. The molecule has 0 spiro atoms. The summed E-state index contributed by atoms with van der Waals surface area (Å²) in [5.74, 6) is 0.126. The molecule has 6 nitrogen and oxygen atoms in total. The van der Waals surface area contributed by atoms with Crippen LogP contribution in [-0.4, -0.2) is 33.2 Å². The van der Waals surface area contributed by atoms with E-state index in [2.05, 4.69) is 5.32 Å². The Hall–Kier alpha value is -2.25. The molecule has 0 aliphatic rings. The van der Waals surface area contributed by atoms with Crippen LogP contribution in [0.4, 0.5) is 11.4 Å². The number of anilines is 2. The molecular weight excluding hydrogens is 376 g/mol. The molecule has 0 bridgehead atoms. The molecule has 2 aromatic carbocycles. The molecule has 0 aromatic heterocycles. The average Bonchev–Trinajstić information content (AvgIpc) is 2.52. The highest BCUT2D eigenvalue weighted by Crippen LogP contribution is 2.27. The predicted molar refractivity (Wildman–Crippen MR) is 104 cm³/mol. The molecule has 0 aliphatic carbocycles. The number of amides is 1. The molecule has 0 fully saturated rings. The zero-order valence-electron chi connectivity index (χ0n) is 14.8. The maximum Gasteiger partial charge on any atom is 0.245 e. The van der Waals surface area contributed by atoms with Crippen molar-refractivity contribution in [3.05, 3.63) is 53.6 Å². The van der Waals surface area contributed by atoms with Gasteiger partial charge in [-0.2, -0.15) is 0 Å². The van der Waals surface area contributed by atoms with Crippen molar-refractivity contribution in [2.45, 2.75) is 20.0 Å². The van der Waals surface area contributed by atoms with Gasteiger partial charge in [-0.25, -0.2) is 8.42 Å². The van der Waals surface area contributed by atoms with Crippen LogP contribution in [0.5, 0.6) is 5.75 Å². The van der Waals surface area contributed by atoms with Gasteiger partial charge in [-0.15, -0.1) is 0 Å². The number of rotatable bonds is 7. The lowest BCUT2D eigenvalue weighted by Crippen LogP contribution is -2.37. The Morgan fingerprint density at radius 2 is 1.88 bits per heavy atom. The van der Waals surface area contributed by atoms with E-state index in [1.165, 1.54) is 0 Å². The normalized spacial score (nSPS) is 11.3. The van der Waals surface area contributed by atoms with Crippen molar-refractivity contribution in [3.8, 4) is 5.75 Å². The van der Waals surface area contributed by atoms with Gasteiger partial charge in [0.2, 0.25) is 15.9 Å². The number of sulfonamides is 1. The lowest BCUT2D eigenvalue weighted by atomic mass is 10.3. The van der Waals surface area contributed by atoms with Crippen molar-refractivity contribution in [1.82, 2.24) is 0 Å². The van der Waals surface area contributed by atoms with Crippen molar-refractivity contribution in [3.63, 3.8) is 0 Å². The quantitative estimate of drug-likeness (QED) is 0.776. The lowest BCUT2D eigenvalue weighted by molar-refractivity contribution is -0.114. The Kier molecular flexibility index (Phi) is 6.50. The summed E-state index contributed by atoms with van der Waals surface area (Å²) in [6.07, 6.45) is 1.03. The topological polar surface area (TPSA) is 75.7 Å². The van der Waals surface area contributed by atoms with Crippen LogP contribution >= 0.6 is 11.6 Å². The van der Waals surface area contributed by atoms with E-state index < -0.39 is 22.5 Å². The SMILES string of the molecule is CC(C)Oc1cccc(NC(=O)CN(c2ccccc2Cl)S(C)(=O)=O)c1. The molecule has 8 heteroatoms. The van der Waals surface area contributed by atoms with Crippen molar-refractivity contribution < 1.29 is 17.9 Å². The molecule has 0 heterocycles. The molecule has 0 unspecified atom stereocenters. The van der Waals surface area contributed by atoms with Gasteiger partial charge in [-0.05, 0) is 38.1 Å². The van der Waals surface area contributed by atoms with Crippen LogP contribution in [-0.2, 0) is 14.8 Å². The minimum absolute atomic E-state index is 0.00176. The highest BCUT2D eigenvalue weighted by atomic mass is 35.5. The summed E-state index contributed by atoms with van der Waals surface area (Å²) in [6.45, 7) is 3.41. The van der Waals surface area contributed by atoms with Crippen LogP contribution < -0.4 is 14.4 Å². The van der Waals surface area contributed by atoms with Crippen LogP contribution in [0.25, 0.3) is 0 Å². The third-order valence-corrected chi connectivity index (χ3v) is 4.74. The predicted octanol–water partition coefficient (Wildman–Crippen LogP) is 3.53. The molecule has 26 heavy (non-hydrogen) atoms. The van der Waals surface area contributed by atoms with E-state index in [1.807, 2.05) is 13.8 Å². The molecule has 0 radical (unpaired) electrons. The van der Waals surface area contributed by atoms with Gasteiger partial charge >= 0.3 is 0 Å². The van der Waals surface area contributed by atoms with Gasteiger partial charge in [-0.3, -0.25) is 9.10 Å². The van der Waals surface area contributed by atoms with E-state index in [0.717, 1.165) is 10.6 Å². The first kappa shape index (κ1) is 20.1. The molecule has 2 aromatic rings. The summed E-state index contributed by atoms with van der Waals surface area (Å²) in [5.41, 5.74) is 0.768. The van der Waals surface area contributed by atoms with Crippen molar-refractivity contribution >= 4 is 38.9 Å². The minimum atomic E-state index is -3.69. The third-order valence-electron chi connectivity index (χ3n) is 3.30. The minimum Gasteiger partial charge on any atom is -0.491 e. The summed E-state index contributed by atoms with van der Waals surface area (Å²) in [5, 5.41) is 2.93. The number of nitrogens with one attached hydrogen (secondary N) is 1. The fourth-order valence-corrected chi connectivity index (χ4v) is 3.44. The molecule has 0 saturated carbocycles. The molecular formula is C18H21ClN2O4S. The Morgan fingerprint density at radius 1 is 1.19 bits per heavy atom. The van der Waals surface area contributed by atoms with E-state index >= 15 is 0 Å². The monoisotopic (exact) mass is 396 g/mol. The van der Waals surface area contributed by atoms with Crippen molar-refractivity contribution in [2.75, 3.05) is 22.4 Å². The summed E-state index contributed by atoms with van der Waals surface area (Å²) < 4.78 is 30.8. The number of hydrogen-bond donors (Lipinski definition) is 1. The fourth-order valence-electron chi connectivity index (χ4n) is 2.29. The van der Waals surface area contributed by atoms with Gasteiger partial charge in [0, 0.05) is 11.8 Å². The molecule has 2 rings (SSSR count).